The number of methoxy groups -OCH3 is 1. The van der Waals surface area contributed by atoms with Crippen molar-refractivity contribution in [2.75, 3.05) is 20.3 Å². The van der Waals surface area contributed by atoms with Gasteiger partial charge in [-0.15, -0.1) is 0 Å². The van der Waals surface area contributed by atoms with E-state index in [2.05, 4.69) is 16.2 Å². The van der Waals surface area contributed by atoms with E-state index in [9.17, 15) is 9.50 Å². The minimum atomic E-state index is -1.16. The van der Waals surface area contributed by atoms with Crippen molar-refractivity contribution in [3.8, 4) is 11.4 Å². The molecule has 0 spiro atoms. The van der Waals surface area contributed by atoms with Crippen molar-refractivity contribution in [1.29, 1.82) is 0 Å². The molecule has 1 atom stereocenters. The zero-order valence-electron chi connectivity index (χ0n) is 19.2. The maximum Gasteiger partial charge on any atom is 0.260 e. The average Bonchev–Trinajstić information content (AvgIpc) is 3.39. The van der Waals surface area contributed by atoms with Gasteiger partial charge in [-0.05, 0) is 79.8 Å². The molecule has 3 heterocycles. The number of amidine groups is 1. The molecule has 0 amide bonds. The van der Waals surface area contributed by atoms with Crippen molar-refractivity contribution in [1.82, 2.24) is 14.5 Å². The maximum absolute atomic E-state index is 13.5. The molecule has 0 bridgehead atoms. The van der Waals surface area contributed by atoms with Gasteiger partial charge in [-0.3, -0.25) is 0 Å². The van der Waals surface area contributed by atoms with Gasteiger partial charge in [0.05, 0.1) is 24.8 Å². The highest BCUT2D eigenvalue weighted by Crippen LogP contribution is 2.39. The summed E-state index contributed by atoms with van der Waals surface area (Å²) in [7, 11) is 1.65. The summed E-state index contributed by atoms with van der Waals surface area (Å²) in [6.45, 7) is 2.32. The number of aliphatic hydroxyl groups is 1. The normalized spacial score (nSPS) is 21.1. The van der Waals surface area contributed by atoms with Crippen LogP contribution in [0.4, 0.5) is 4.39 Å². The molecule has 0 radical (unpaired) electrons. The quantitative estimate of drug-likeness (QED) is 0.609. The topological polar surface area (TPSA) is 72.1 Å². The molecular formula is C26H27FN4O3. The van der Waals surface area contributed by atoms with Crippen molar-refractivity contribution in [2.24, 2.45) is 5.16 Å². The summed E-state index contributed by atoms with van der Waals surface area (Å²) < 4.78 is 21.1. The number of imidazole rings is 1. The van der Waals surface area contributed by atoms with Gasteiger partial charge in [0.25, 0.3) is 5.72 Å². The van der Waals surface area contributed by atoms with E-state index in [0.717, 1.165) is 47.5 Å². The zero-order valence-corrected chi connectivity index (χ0v) is 19.2. The first-order valence-electron chi connectivity index (χ1n) is 11.3. The zero-order chi connectivity index (χ0) is 23.7. The van der Waals surface area contributed by atoms with E-state index in [1.54, 1.807) is 25.6 Å². The highest BCUT2D eigenvalue weighted by molar-refractivity contribution is 6.03. The Morgan fingerprint density at radius 3 is 2.74 bits per heavy atom. The number of rotatable bonds is 5. The summed E-state index contributed by atoms with van der Waals surface area (Å²) in [6, 6.07) is 12.0. The Balaban J connectivity index is 1.50. The van der Waals surface area contributed by atoms with Crippen molar-refractivity contribution in [3.63, 3.8) is 0 Å². The third-order valence-electron chi connectivity index (χ3n) is 6.38. The number of aryl methyl sites for hydroxylation is 1. The second-order valence-corrected chi connectivity index (χ2v) is 8.59. The third kappa shape index (κ3) is 3.84. The molecule has 2 aliphatic heterocycles. The molecule has 1 unspecified atom stereocenters. The van der Waals surface area contributed by atoms with Gasteiger partial charge in [0.15, 0.2) is 5.84 Å². The number of aliphatic hydroxyl groups excluding tert-OH is 1. The fourth-order valence-corrected chi connectivity index (χ4v) is 4.62. The van der Waals surface area contributed by atoms with Crippen LogP contribution in [0, 0.1) is 12.7 Å². The van der Waals surface area contributed by atoms with Crippen LogP contribution >= 0.6 is 0 Å². The van der Waals surface area contributed by atoms with Crippen LogP contribution < -0.4 is 4.74 Å². The Labute approximate surface area is 197 Å². The number of halogens is 1. The van der Waals surface area contributed by atoms with Crippen molar-refractivity contribution in [3.05, 3.63) is 83.2 Å². The number of aromatic nitrogens is 2. The monoisotopic (exact) mass is 462 g/mol. The SMILES string of the molecule is COc1cc(C=C2CCCCN3C2=NOC3(CO)c2ccc(F)cc2)ccc1-n1cnc(C)c1. The van der Waals surface area contributed by atoms with Gasteiger partial charge in [-0.2, -0.15) is 0 Å². The van der Waals surface area contributed by atoms with Gasteiger partial charge in [0.2, 0.25) is 0 Å². The first-order valence-corrected chi connectivity index (χ1v) is 11.3. The van der Waals surface area contributed by atoms with Crippen molar-refractivity contribution < 1.29 is 19.1 Å². The minimum Gasteiger partial charge on any atom is -0.495 e. The molecule has 7 nitrogen and oxygen atoms in total. The predicted molar refractivity (Wildman–Crippen MR) is 127 cm³/mol. The van der Waals surface area contributed by atoms with E-state index < -0.39 is 5.72 Å². The summed E-state index contributed by atoms with van der Waals surface area (Å²) in [5.74, 6) is 1.10. The lowest BCUT2D eigenvalue weighted by Crippen LogP contribution is -2.49. The standard InChI is InChI=1S/C26H27FN4O3/c1-18-15-30(17-28-18)23-11-6-19(14-24(23)33-2)13-20-5-3-4-12-31-25(20)29-34-26(31,16-32)21-7-9-22(27)10-8-21/h6-11,13-15,17,32H,3-5,12,16H2,1-2H3. The summed E-state index contributed by atoms with van der Waals surface area (Å²) in [6.07, 6.45) is 8.54. The van der Waals surface area contributed by atoms with Crippen LogP contribution in [0.3, 0.4) is 0 Å². The Bertz CT molecular complexity index is 1250. The average molecular weight is 463 g/mol. The smallest absolute Gasteiger partial charge is 0.260 e. The first kappa shape index (κ1) is 22.2. The number of ether oxygens (including phenoxy) is 1. The highest BCUT2D eigenvalue weighted by atomic mass is 19.1. The molecule has 0 saturated carbocycles. The molecular weight excluding hydrogens is 435 g/mol. The first-order chi connectivity index (χ1) is 16.5. The van der Waals surface area contributed by atoms with E-state index in [-0.39, 0.29) is 12.4 Å². The Kier molecular flexibility index (Phi) is 5.83. The molecule has 1 N–H and O–H groups in total. The summed E-state index contributed by atoms with van der Waals surface area (Å²) in [5, 5.41) is 14.8. The van der Waals surface area contributed by atoms with Crippen LogP contribution in [0.2, 0.25) is 0 Å². The van der Waals surface area contributed by atoms with E-state index in [4.69, 9.17) is 9.57 Å². The van der Waals surface area contributed by atoms with Crippen LogP contribution in [-0.4, -0.2) is 45.7 Å². The largest absolute Gasteiger partial charge is 0.495 e. The van der Waals surface area contributed by atoms with Crippen LogP contribution in [0.15, 0.2) is 65.7 Å². The molecule has 1 fully saturated rings. The predicted octanol–water partition coefficient (Wildman–Crippen LogP) is 4.39. The molecule has 1 saturated heterocycles. The number of oxime groups is 1. The van der Waals surface area contributed by atoms with E-state index in [0.29, 0.717) is 17.9 Å². The number of nitrogens with zero attached hydrogens (tertiary/aromatic N) is 4. The van der Waals surface area contributed by atoms with Crippen LogP contribution in [-0.2, 0) is 10.6 Å². The fraction of sp³-hybridized carbons (Fsp3) is 0.308. The van der Waals surface area contributed by atoms with Crippen LogP contribution in [0.1, 0.15) is 36.1 Å². The number of benzene rings is 2. The fourth-order valence-electron chi connectivity index (χ4n) is 4.62. The van der Waals surface area contributed by atoms with Gasteiger partial charge in [-0.25, -0.2) is 9.37 Å². The molecule has 2 aromatic carbocycles. The molecule has 5 rings (SSSR count). The van der Waals surface area contributed by atoms with Gasteiger partial charge in [-0.1, -0.05) is 11.2 Å². The Morgan fingerprint density at radius 2 is 2.03 bits per heavy atom. The summed E-state index contributed by atoms with van der Waals surface area (Å²) in [5.41, 5.74) is 3.33. The lowest BCUT2D eigenvalue weighted by atomic mass is 10.00. The number of hydrogen-bond acceptors (Lipinski definition) is 6. The van der Waals surface area contributed by atoms with Gasteiger partial charge < -0.3 is 24.1 Å². The molecule has 2 aliphatic rings. The molecule has 3 aromatic rings. The molecule has 1 aromatic heterocycles. The second kappa shape index (κ2) is 8.95. The van der Waals surface area contributed by atoms with Gasteiger partial charge in [0, 0.05) is 18.3 Å². The van der Waals surface area contributed by atoms with Crippen molar-refractivity contribution in [2.45, 2.75) is 31.9 Å². The lowest BCUT2D eigenvalue weighted by molar-refractivity contribution is -0.136. The van der Waals surface area contributed by atoms with E-state index in [1.807, 2.05) is 40.8 Å². The molecule has 0 aliphatic carbocycles. The molecule has 176 valence electrons. The van der Waals surface area contributed by atoms with Crippen LogP contribution in [0.5, 0.6) is 5.75 Å². The second-order valence-electron chi connectivity index (χ2n) is 8.59. The van der Waals surface area contributed by atoms with Crippen LogP contribution in [0.25, 0.3) is 11.8 Å². The third-order valence-corrected chi connectivity index (χ3v) is 6.38. The Morgan fingerprint density at radius 1 is 1.21 bits per heavy atom. The van der Waals surface area contributed by atoms with Gasteiger partial charge in [0.1, 0.15) is 18.2 Å². The summed E-state index contributed by atoms with van der Waals surface area (Å²) >= 11 is 0. The molecule has 8 heteroatoms. The number of fused-ring (bicyclic) bond motifs is 1. The van der Waals surface area contributed by atoms with E-state index in [1.165, 1.54) is 12.1 Å². The lowest BCUT2D eigenvalue weighted by Gasteiger charge is -2.35. The molecule has 34 heavy (non-hydrogen) atoms. The van der Waals surface area contributed by atoms with Gasteiger partial charge >= 0.3 is 0 Å². The highest BCUT2D eigenvalue weighted by Gasteiger charge is 2.48. The van der Waals surface area contributed by atoms with Crippen molar-refractivity contribution >= 4 is 11.9 Å². The minimum absolute atomic E-state index is 0.300. The number of hydrogen-bond donors (Lipinski definition) is 1. The Hall–Kier alpha value is -3.65. The maximum atomic E-state index is 13.5. The van der Waals surface area contributed by atoms with E-state index >= 15 is 0 Å². The summed E-state index contributed by atoms with van der Waals surface area (Å²) in [4.78, 5) is 12.2.